The lowest BCUT2D eigenvalue weighted by atomic mass is 10.1. The van der Waals surface area contributed by atoms with Crippen LogP contribution >= 0.6 is 0 Å². The quantitative estimate of drug-likeness (QED) is 0.613. The zero-order valence-electron chi connectivity index (χ0n) is 14.1. The highest BCUT2D eigenvalue weighted by atomic mass is 19.3. The molecule has 1 aliphatic heterocycles. The van der Waals surface area contributed by atoms with Crippen LogP contribution in [0.1, 0.15) is 5.56 Å². The molecule has 1 heterocycles. The van der Waals surface area contributed by atoms with Crippen molar-refractivity contribution in [1.29, 1.82) is 0 Å². The summed E-state index contributed by atoms with van der Waals surface area (Å²) < 4.78 is 34.6. The van der Waals surface area contributed by atoms with Gasteiger partial charge in [0.05, 0.1) is 11.5 Å². The molecule has 1 amide bonds. The van der Waals surface area contributed by atoms with Crippen molar-refractivity contribution in [3.63, 3.8) is 0 Å². The molecule has 0 unspecified atom stereocenters. The van der Waals surface area contributed by atoms with Gasteiger partial charge in [0.2, 0.25) is 5.91 Å². The smallest absolute Gasteiger partial charge is 0.395 e. The molecule has 0 bridgehead atoms. The molecule has 0 saturated heterocycles. The number of hydrogen-bond donors (Lipinski definition) is 1. The topological polar surface area (TPSA) is 93.9 Å². The predicted octanol–water partition coefficient (Wildman–Crippen LogP) is 2.99. The first kappa shape index (κ1) is 18.5. The van der Waals surface area contributed by atoms with E-state index in [4.69, 9.17) is 0 Å². The lowest BCUT2D eigenvalue weighted by Crippen LogP contribution is -2.30. The van der Waals surface area contributed by atoms with Gasteiger partial charge in [0.25, 0.3) is 5.69 Å². The molecule has 0 atom stereocenters. The molecule has 2 aromatic carbocycles. The average Bonchev–Trinajstić information content (AvgIpc) is 2.87. The molecule has 27 heavy (non-hydrogen) atoms. The Bertz CT molecular complexity index is 891. The maximum atomic E-state index is 13.0. The van der Waals surface area contributed by atoms with E-state index in [1.54, 1.807) is 30.1 Å². The molecule has 0 aromatic heterocycles. The van der Waals surface area contributed by atoms with E-state index in [0.29, 0.717) is 5.56 Å². The van der Waals surface area contributed by atoms with Gasteiger partial charge in [0.1, 0.15) is 0 Å². The number of amides is 1. The number of alkyl halides is 2. The normalized spacial score (nSPS) is 14.2. The summed E-state index contributed by atoms with van der Waals surface area (Å²) >= 11 is 0. The molecule has 0 radical (unpaired) electrons. The van der Waals surface area contributed by atoms with E-state index in [1.807, 2.05) is 0 Å². The minimum Gasteiger partial charge on any atom is -0.395 e. The predicted molar refractivity (Wildman–Crippen MR) is 90.7 cm³/mol. The summed E-state index contributed by atoms with van der Waals surface area (Å²) in [6, 6.07) is 10.2. The molecule has 0 aliphatic carbocycles. The summed E-state index contributed by atoms with van der Waals surface area (Å²) in [5, 5.41) is 13.6. The number of carbonyl (C=O) groups excluding carboxylic acids is 1. The third-order valence-corrected chi connectivity index (χ3v) is 3.73. The van der Waals surface area contributed by atoms with Crippen molar-refractivity contribution in [2.45, 2.75) is 12.8 Å². The number of nitro benzene ring substituents is 1. The summed E-state index contributed by atoms with van der Waals surface area (Å²) in [6.45, 7) is 0.134. The second-order valence-electron chi connectivity index (χ2n) is 5.94. The maximum Gasteiger partial charge on any atom is 0.586 e. The number of anilines is 1. The van der Waals surface area contributed by atoms with Crippen LogP contribution in [0.15, 0.2) is 42.5 Å². The number of halogens is 2. The second-order valence-corrected chi connectivity index (χ2v) is 5.94. The van der Waals surface area contributed by atoms with E-state index in [2.05, 4.69) is 14.8 Å². The number of carbonyl (C=O) groups is 1. The molecule has 2 aromatic rings. The van der Waals surface area contributed by atoms with Crippen LogP contribution in [0, 0.1) is 10.1 Å². The van der Waals surface area contributed by atoms with Gasteiger partial charge in [0.15, 0.2) is 11.5 Å². The number of nitro groups is 1. The van der Waals surface area contributed by atoms with E-state index in [1.165, 1.54) is 24.3 Å². The van der Waals surface area contributed by atoms with E-state index in [9.17, 15) is 23.7 Å². The first-order valence-corrected chi connectivity index (χ1v) is 7.84. The summed E-state index contributed by atoms with van der Waals surface area (Å²) in [6.07, 6.45) is -3.73. The van der Waals surface area contributed by atoms with Crippen molar-refractivity contribution < 1.29 is 28.0 Å². The number of hydrogen-bond acceptors (Lipinski definition) is 6. The number of ether oxygens (including phenoxy) is 2. The number of fused-ring (bicyclic) bond motifs is 1. The van der Waals surface area contributed by atoms with Crippen LogP contribution in [0.3, 0.4) is 0 Å². The minimum absolute atomic E-state index is 0.0264. The van der Waals surface area contributed by atoms with Gasteiger partial charge in [-0.05, 0) is 19.2 Å². The molecule has 8 nitrogen and oxygen atoms in total. The summed E-state index contributed by atoms with van der Waals surface area (Å²) in [4.78, 5) is 24.3. The van der Waals surface area contributed by atoms with Crippen LogP contribution in [0.25, 0.3) is 0 Å². The molecule has 3 rings (SSSR count). The Balaban J connectivity index is 1.59. The first-order chi connectivity index (χ1) is 12.7. The molecule has 142 valence electrons. The number of nitrogens with one attached hydrogen (secondary N) is 1. The highest BCUT2D eigenvalue weighted by molar-refractivity contribution is 5.92. The average molecular weight is 379 g/mol. The third kappa shape index (κ3) is 4.47. The molecule has 0 saturated carbocycles. The zero-order chi connectivity index (χ0) is 19.6. The van der Waals surface area contributed by atoms with Crippen LogP contribution in [-0.4, -0.2) is 35.6 Å². The van der Waals surface area contributed by atoms with Crippen LogP contribution in [0.4, 0.5) is 20.2 Å². The van der Waals surface area contributed by atoms with Crippen LogP contribution < -0.4 is 14.8 Å². The number of rotatable bonds is 6. The van der Waals surface area contributed by atoms with Crippen molar-refractivity contribution in [2.24, 2.45) is 0 Å². The van der Waals surface area contributed by atoms with Gasteiger partial charge in [-0.2, -0.15) is 0 Å². The third-order valence-electron chi connectivity index (χ3n) is 3.73. The van der Waals surface area contributed by atoms with Crippen molar-refractivity contribution in [1.82, 2.24) is 4.90 Å². The largest absolute Gasteiger partial charge is 0.586 e. The van der Waals surface area contributed by atoms with Crippen molar-refractivity contribution in [2.75, 3.05) is 18.9 Å². The lowest BCUT2D eigenvalue weighted by molar-refractivity contribution is -0.385. The first-order valence-electron chi connectivity index (χ1n) is 7.84. The Morgan fingerprint density at radius 1 is 1.22 bits per heavy atom. The monoisotopic (exact) mass is 379 g/mol. The number of para-hydroxylation sites is 1. The van der Waals surface area contributed by atoms with E-state index < -0.39 is 17.1 Å². The Labute approximate surface area is 152 Å². The molecule has 1 aliphatic rings. The molecule has 0 fully saturated rings. The molecular weight excluding hydrogens is 364 g/mol. The van der Waals surface area contributed by atoms with E-state index in [-0.39, 0.29) is 36.0 Å². The van der Waals surface area contributed by atoms with E-state index in [0.717, 1.165) is 0 Å². The van der Waals surface area contributed by atoms with Gasteiger partial charge in [-0.15, -0.1) is 8.78 Å². The molecule has 0 spiro atoms. The fourth-order valence-electron chi connectivity index (χ4n) is 2.64. The van der Waals surface area contributed by atoms with Gasteiger partial charge < -0.3 is 14.8 Å². The second kappa shape index (κ2) is 7.16. The van der Waals surface area contributed by atoms with Gasteiger partial charge in [0, 0.05) is 29.9 Å². The van der Waals surface area contributed by atoms with Crippen LogP contribution in [0.2, 0.25) is 0 Å². The Kier molecular flexibility index (Phi) is 4.91. The SMILES string of the molecule is CN(CC(=O)Nc1ccc2c(c1)OC(F)(F)O2)Cc1ccccc1[N+](=O)[O-]. The molecular formula is C17H15F2N3O5. The zero-order valence-corrected chi connectivity index (χ0v) is 14.1. The lowest BCUT2D eigenvalue weighted by Gasteiger charge is -2.16. The Hall–Kier alpha value is -3.27. The van der Waals surface area contributed by atoms with Crippen molar-refractivity contribution in [3.05, 3.63) is 58.1 Å². The Morgan fingerprint density at radius 3 is 2.67 bits per heavy atom. The van der Waals surface area contributed by atoms with Gasteiger partial charge in [-0.3, -0.25) is 19.8 Å². The highest BCUT2D eigenvalue weighted by Crippen LogP contribution is 2.42. The summed E-state index contributed by atoms with van der Waals surface area (Å²) in [5.74, 6) is -0.709. The number of likely N-dealkylation sites (N-methyl/N-ethyl adjacent to an activating group) is 1. The summed E-state index contributed by atoms with van der Waals surface area (Å²) in [7, 11) is 1.64. The standard InChI is InChI=1S/C17H15F2N3O5/c1-21(9-11-4-2-3-5-13(11)22(24)25)10-16(23)20-12-6-7-14-15(8-12)27-17(18,19)26-14/h2-8H,9-10H2,1H3,(H,20,23). The summed E-state index contributed by atoms with van der Waals surface area (Å²) in [5.41, 5.74) is 0.712. The Morgan fingerprint density at radius 2 is 1.93 bits per heavy atom. The molecule has 1 N–H and O–H groups in total. The highest BCUT2D eigenvalue weighted by Gasteiger charge is 2.43. The number of benzene rings is 2. The van der Waals surface area contributed by atoms with Crippen molar-refractivity contribution in [3.8, 4) is 11.5 Å². The fourth-order valence-corrected chi connectivity index (χ4v) is 2.64. The van der Waals surface area contributed by atoms with E-state index >= 15 is 0 Å². The van der Waals surface area contributed by atoms with Gasteiger partial charge >= 0.3 is 6.29 Å². The van der Waals surface area contributed by atoms with Crippen molar-refractivity contribution >= 4 is 17.3 Å². The van der Waals surface area contributed by atoms with Crippen LogP contribution in [0.5, 0.6) is 11.5 Å². The number of nitrogens with zero attached hydrogens (tertiary/aromatic N) is 2. The minimum atomic E-state index is -3.73. The molecule has 10 heteroatoms. The van der Waals surface area contributed by atoms with Crippen LogP contribution in [-0.2, 0) is 11.3 Å². The fraction of sp³-hybridized carbons (Fsp3) is 0.235. The van der Waals surface area contributed by atoms with Gasteiger partial charge in [-0.25, -0.2) is 0 Å². The van der Waals surface area contributed by atoms with Gasteiger partial charge in [-0.1, -0.05) is 18.2 Å². The maximum absolute atomic E-state index is 13.0.